The first-order chi connectivity index (χ1) is 11.1. The number of anilines is 1. The van der Waals surface area contributed by atoms with E-state index in [1.807, 2.05) is 0 Å². The van der Waals surface area contributed by atoms with E-state index in [2.05, 4.69) is 15.3 Å². The van der Waals surface area contributed by atoms with Crippen LogP contribution in [0, 0.1) is 0 Å². The highest BCUT2D eigenvalue weighted by atomic mass is 19.1. The maximum Gasteiger partial charge on any atom is 0.260 e. The number of nitrogens with one attached hydrogen (secondary N) is 1. The van der Waals surface area contributed by atoms with Crippen molar-refractivity contribution in [3.8, 4) is 0 Å². The van der Waals surface area contributed by atoms with Gasteiger partial charge in [0.2, 0.25) is 5.95 Å². The first kappa shape index (κ1) is 14.8. The summed E-state index contributed by atoms with van der Waals surface area (Å²) in [5, 5.41) is 3.26. The molecule has 3 aliphatic rings. The fourth-order valence-corrected chi connectivity index (χ4v) is 3.78. The average Bonchev–Trinajstić information content (AvgIpc) is 3.13. The van der Waals surface area contributed by atoms with Crippen molar-refractivity contribution in [1.29, 1.82) is 0 Å². The molecule has 0 bridgehead atoms. The van der Waals surface area contributed by atoms with Crippen LogP contribution in [-0.2, 0) is 9.53 Å². The number of halogens is 1. The number of likely N-dealkylation sites (tertiary alicyclic amines) is 1. The van der Waals surface area contributed by atoms with E-state index >= 15 is 0 Å². The molecule has 6 nitrogen and oxygen atoms in total. The number of alkyl halides is 1. The first-order valence-electron chi connectivity index (χ1n) is 8.25. The van der Waals surface area contributed by atoms with E-state index in [0.29, 0.717) is 38.5 Å². The zero-order valence-electron chi connectivity index (χ0n) is 13.0. The van der Waals surface area contributed by atoms with Gasteiger partial charge in [-0.1, -0.05) is 0 Å². The molecule has 1 aliphatic carbocycles. The maximum absolute atomic E-state index is 14.3. The lowest BCUT2D eigenvalue weighted by molar-refractivity contribution is -0.149. The molecule has 124 valence electrons. The zero-order chi connectivity index (χ0) is 15.9. The third-order valence-electron chi connectivity index (χ3n) is 5.24. The second-order valence-electron chi connectivity index (χ2n) is 6.91. The molecule has 2 atom stereocenters. The summed E-state index contributed by atoms with van der Waals surface area (Å²) in [6, 6.07) is 1.89. The van der Waals surface area contributed by atoms with Crippen LogP contribution in [0.1, 0.15) is 32.1 Å². The van der Waals surface area contributed by atoms with Gasteiger partial charge < -0.3 is 15.0 Å². The van der Waals surface area contributed by atoms with Crippen LogP contribution in [0.3, 0.4) is 0 Å². The minimum absolute atomic E-state index is 0.121. The summed E-state index contributed by atoms with van der Waals surface area (Å²) in [5.41, 5.74) is -1.96. The topological polar surface area (TPSA) is 67.4 Å². The largest absolute Gasteiger partial charge is 0.371 e. The maximum atomic E-state index is 14.3. The predicted molar refractivity (Wildman–Crippen MR) is 81.6 cm³/mol. The number of amides is 1. The fraction of sp³-hybridized carbons (Fsp3) is 0.688. The smallest absolute Gasteiger partial charge is 0.260 e. The van der Waals surface area contributed by atoms with Gasteiger partial charge in [-0.25, -0.2) is 14.4 Å². The standard InChI is InChI=1S/C16H21FN4O2/c17-16(3-1-4-16)13(22)21-8-5-15(11-21)9-12(10-23-15)20-14-18-6-2-7-19-14/h2,6-7,12H,1,3-5,8-11H2,(H,18,19,20). The Morgan fingerprint density at radius 3 is 2.83 bits per heavy atom. The van der Waals surface area contributed by atoms with Gasteiger partial charge in [0.15, 0.2) is 5.67 Å². The molecule has 1 spiro atoms. The van der Waals surface area contributed by atoms with E-state index in [1.54, 1.807) is 23.4 Å². The number of carbonyl (C=O) groups excluding carboxylic acids is 1. The molecule has 3 fully saturated rings. The zero-order valence-corrected chi connectivity index (χ0v) is 13.0. The Kier molecular flexibility index (Phi) is 3.48. The highest BCUT2D eigenvalue weighted by molar-refractivity contribution is 5.86. The molecule has 2 unspecified atom stereocenters. The molecule has 1 aromatic heterocycles. The van der Waals surface area contributed by atoms with E-state index in [1.165, 1.54) is 0 Å². The number of aromatic nitrogens is 2. The van der Waals surface area contributed by atoms with Crippen molar-refractivity contribution >= 4 is 11.9 Å². The molecular weight excluding hydrogens is 299 g/mol. The first-order valence-corrected chi connectivity index (χ1v) is 8.25. The average molecular weight is 320 g/mol. The van der Waals surface area contributed by atoms with Crippen LogP contribution >= 0.6 is 0 Å². The summed E-state index contributed by atoms with van der Waals surface area (Å²) in [7, 11) is 0. The van der Waals surface area contributed by atoms with Gasteiger partial charge in [-0.15, -0.1) is 0 Å². The van der Waals surface area contributed by atoms with Gasteiger partial charge in [0.05, 0.1) is 18.2 Å². The lowest BCUT2D eigenvalue weighted by Crippen LogP contribution is -2.50. The van der Waals surface area contributed by atoms with Crippen LogP contribution in [0.25, 0.3) is 0 Å². The monoisotopic (exact) mass is 320 g/mol. The minimum Gasteiger partial charge on any atom is -0.371 e. The van der Waals surface area contributed by atoms with Crippen LogP contribution in [0.5, 0.6) is 0 Å². The molecule has 1 amide bonds. The summed E-state index contributed by atoms with van der Waals surface area (Å²) >= 11 is 0. The Morgan fingerprint density at radius 2 is 2.13 bits per heavy atom. The molecule has 23 heavy (non-hydrogen) atoms. The quantitative estimate of drug-likeness (QED) is 0.915. The lowest BCUT2D eigenvalue weighted by atomic mass is 9.81. The van der Waals surface area contributed by atoms with Crippen molar-refractivity contribution in [2.75, 3.05) is 25.0 Å². The van der Waals surface area contributed by atoms with Crippen molar-refractivity contribution in [3.63, 3.8) is 0 Å². The molecule has 0 aromatic carbocycles. The number of rotatable bonds is 3. The van der Waals surface area contributed by atoms with Gasteiger partial charge in [0.1, 0.15) is 0 Å². The Morgan fingerprint density at radius 1 is 1.35 bits per heavy atom. The van der Waals surface area contributed by atoms with Gasteiger partial charge >= 0.3 is 0 Å². The molecule has 3 heterocycles. The second kappa shape index (κ2) is 5.40. The van der Waals surface area contributed by atoms with Gasteiger partial charge in [-0.2, -0.15) is 0 Å². The van der Waals surface area contributed by atoms with Crippen molar-refractivity contribution < 1.29 is 13.9 Å². The Bertz CT molecular complexity index is 595. The van der Waals surface area contributed by atoms with Crippen molar-refractivity contribution in [1.82, 2.24) is 14.9 Å². The van der Waals surface area contributed by atoms with Crippen molar-refractivity contribution in [2.24, 2.45) is 0 Å². The minimum atomic E-state index is -1.61. The summed E-state index contributed by atoms with van der Waals surface area (Å²) in [6.45, 7) is 1.63. The van der Waals surface area contributed by atoms with Crippen LogP contribution in [-0.4, -0.2) is 57.8 Å². The molecule has 1 saturated carbocycles. The molecular formula is C16H21FN4O2. The van der Waals surface area contributed by atoms with Crippen molar-refractivity contribution in [3.05, 3.63) is 18.5 Å². The number of hydrogen-bond donors (Lipinski definition) is 1. The predicted octanol–water partition coefficient (Wildman–Crippen LogP) is 1.54. The molecule has 4 rings (SSSR count). The van der Waals surface area contributed by atoms with Crippen LogP contribution in [0.4, 0.5) is 10.3 Å². The summed E-state index contributed by atoms with van der Waals surface area (Å²) in [4.78, 5) is 22.3. The molecule has 1 N–H and O–H groups in total. The number of ether oxygens (including phenoxy) is 1. The number of nitrogens with zero attached hydrogens (tertiary/aromatic N) is 3. The van der Waals surface area contributed by atoms with Gasteiger partial charge in [-0.05, 0) is 31.7 Å². The van der Waals surface area contributed by atoms with E-state index < -0.39 is 5.67 Å². The van der Waals surface area contributed by atoms with E-state index in [-0.39, 0.29) is 17.6 Å². The van der Waals surface area contributed by atoms with Gasteiger partial charge in [-0.3, -0.25) is 4.79 Å². The van der Waals surface area contributed by atoms with E-state index in [0.717, 1.165) is 19.3 Å². The molecule has 2 aliphatic heterocycles. The molecule has 7 heteroatoms. The Balaban J connectivity index is 1.37. The van der Waals surface area contributed by atoms with Gasteiger partial charge in [0.25, 0.3) is 5.91 Å². The normalized spacial score (nSPS) is 32.0. The Hall–Kier alpha value is -1.76. The van der Waals surface area contributed by atoms with E-state index in [9.17, 15) is 9.18 Å². The summed E-state index contributed by atoms with van der Waals surface area (Å²) in [5.74, 6) is 0.244. The third-order valence-corrected chi connectivity index (χ3v) is 5.24. The summed E-state index contributed by atoms with van der Waals surface area (Å²) in [6.07, 6.45) is 6.47. The number of hydrogen-bond acceptors (Lipinski definition) is 5. The van der Waals surface area contributed by atoms with E-state index in [4.69, 9.17) is 4.74 Å². The highest BCUT2D eigenvalue weighted by Crippen LogP contribution is 2.41. The Labute approximate surface area is 134 Å². The lowest BCUT2D eigenvalue weighted by Gasteiger charge is -2.36. The molecule has 1 aromatic rings. The van der Waals surface area contributed by atoms with Crippen molar-refractivity contribution in [2.45, 2.75) is 49.4 Å². The molecule has 0 radical (unpaired) electrons. The molecule has 2 saturated heterocycles. The van der Waals surface area contributed by atoms with Crippen LogP contribution in [0.2, 0.25) is 0 Å². The highest BCUT2D eigenvalue weighted by Gasteiger charge is 2.52. The van der Waals surface area contributed by atoms with Gasteiger partial charge in [0, 0.05) is 31.9 Å². The number of carbonyl (C=O) groups is 1. The summed E-state index contributed by atoms with van der Waals surface area (Å²) < 4.78 is 20.3. The fourth-order valence-electron chi connectivity index (χ4n) is 3.78. The third kappa shape index (κ3) is 2.67. The van der Waals surface area contributed by atoms with Crippen LogP contribution < -0.4 is 5.32 Å². The second-order valence-corrected chi connectivity index (χ2v) is 6.91. The van der Waals surface area contributed by atoms with Crippen LogP contribution in [0.15, 0.2) is 18.5 Å². The SMILES string of the molecule is O=C(N1CCC2(CC(Nc3ncccn3)CO2)C1)C1(F)CCC1.